The third-order valence-corrected chi connectivity index (χ3v) is 10.3. The minimum Gasteiger partial charge on any atom is -0.491 e. The molecule has 3 aromatic rings. The van der Waals surface area contributed by atoms with Crippen LogP contribution in [0.2, 0.25) is 0 Å². The van der Waals surface area contributed by atoms with E-state index in [-0.39, 0.29) is 11.5 Å². The summed E-state index contributed by atoms with van der Waals surface area (Å²) < 4.78 is 49.6. The molecule has 1 aromatic carbocycles. The summed E-state index contributed by atoms with van der Waals surface area (Å²) in [6.45, 7) is 4.11. The minimum atomic E-state index is -3.80. The molecule has 0 radical (unpaired) electrons. The Kier molecular flexibility index (Phi) is 4.50. The van der Waals surface area contributed by atoms with Crippen LogP contribution in [0, 0.1) is 12.7 Å². The first-order valence-electron chi connectivity index (χ1n) is 12.2. The lowest BCUT2D eigenvalue weighted by molar-refractivity contribution is -0.0646. The van der Waals surface area contributed by atoms with Crippen LogP contribution in [-0.4, -0.2) is 44.4 Å². The first kappa shape index (κ1) is 22.5. The van der Waals surface area contributed by atoms with Crippen molar-refractivity contribution in [1.29, 1.82) is 0 Å². The van der Waals surface area contributed by atoms with Gasteiger partial charge in [0.05, 0.1) is 35.3 Å². The number of nitrogens with zero attached hydrogens (tertiary/aromatic N) is 5. The van der Waals surface area contributed by atoms with Gasteiger partial charge in [0.2, 0.25) is 10.0 Å². The smallest absolute Gasteiger partial charge is 0.264 e. The van der Waals surface area contributed by atoms with Gasteiger partial charge in [0.15, 0.2) is 5.84 Å². The van der Waals surface area contributed by atoms with Gasteiger partial charge in [-0.05, 0) is 56.0 Å². The zero-order chi connectivity index (χ0) is 25.6. The summed E-state index contributed by atoms with van der Waals surface area (Å²) in [7, 11) is -3.80. The van der Waals surface area contributed by atoms with Crippen molar-refractivity contribution in [2.45, 2.75) is 50.0 Å². The maximum Gasteiger partial charge on any atom is 0.264 e. The summed E-state index contributed by atoms with van der Waals surface area (Å²) in [6, 6.07) is 6.68. The number of pyridine rings is 1. The van der Waals surface area contributed by atoms with Crippen molar-refractivity contribution >= 4 is 21.9 Å². The number of sulfonamides is 1. The highest BCUT2D eigenvalue weighted by Gasteiger charge is 2.67. The van der Waals surface area contributed by atoms with Crippen LogP contribution in [0.25, 0.3) is 11.8 Å². The number of halogens is 1. The van der Waals surface area contributed by atoms with Gasteiger partial charge in [0.25, 0.3) is 5.72 Å². The molecule has 0 amide bonds. The Labute approximate surface area is 213 Å². The number of rotatable bonds is 3. The van der Waals surface area contributed by atoms with Gasteiger partial charge in [-0.1, -0.05) is 11.2 Å². The lowest BCUT2D eigenvalue weighted by Crippen LogP contribution is -2.55. The molecule has 190 valence electrons. The van der Waals surface area contributed by atoms with Crippen molar-refractivity contribution in [1.82, 2.24) is 18.8 Å². The largest absolute Gasteiger partial charge is 0.491 e. The van der Waals surface area contributed by atoms with E-state index in [2.05, 4.69) is 15.1 Å². The number of oxime groups is 1. The molecule has 0 N–H and O–H groups in total. The normalized spacial score (nSPS) is 25.4. The third kappa shape index (κ3) is 3.13. The van der Waals surface area contributed by atoms with Crippen molar-refractivity contribution in [3.05, 3.63) is 76.9 Å². The van der Waals surface area contributed by atoms with Crippen LogP contribution >= 0.6 is 0 Å². The molecule has 2 aromatic heterocycles. The van der Waals surface area contributed by atoms with E-state index < -0.39 is 26.3 Å². The molecule has 0 bridgehead atoms. The summed E-state index contributed by atoms with van der Waals surface area (Å²) in [6.07, 6.45) is 8.97. The predicted molar refractivity (Wildman–Crippen MR) is 133 cm³/mol. The Morgan fingerprint density at radius 2 is 2.00 bits per heavy atom. The molecule has 1 saturated heterocycles. The number of amidine groups is 1. The fourth-order valence-corrected chi connectivity index (χ4v) is 7.83. The quantitative estimate of drug-likeness (QED) is 0.520. The first-order chi connectivity index (χ1) is 17.7. The van der Waals surface area contributed by atoms with E-state index in [1.54, 1.807) is 13.3 Å². The van der Waals surface area contributed by atoms with E-state index in [1.807, 2.05) is 35.9 Å². The summed E-state index contributed by atoms with van der Waals surface area (Å²) in [5.41, 5.74) is 3.37. The number of aromatic nitrogens is 3. The standard InChI is InChI=1S/C26H24FN5O4S/c1-16-14-31(15-29-16)21-5-3-17(20-7-10-35-23(20)21)11-18-12-26(8-9-26)37(33,34)32-24(18)30-36-25(32,2)22-6-4-19(27)13-28-22/h3-6,11,13-15H,7-10,12H2,1-2H3/b18-11+. The molecule has 7 rings (SSSR count). The molecule has 1 aliphatic carbocycles. The topological polar surface area (TPSA) is 98.9 Å². The maximum atomic E-state index is 13.8. The fraction of sp³-hybridized carbons (Fsp3) is 0.346. The lowest BCUT2D eigenvalue weighted by Gasteiger charge is -2.39. The van der Waals surface area contributed by atoms with E-state index in [0.29, 0.717) is 25.9 Å². The SMILES string of the molecule is Cc1cn(-c2ccc(/C=C3\CC4(CC4)S(=O)(=O)N4C3=NOC4(C)c3ccc(F)cn3)c3c2OCC3)cn1. The van der Waals surface area contributed by atoms with E-state index in [4.69, 9.17) is 9.57 Å². The Bertz CT molecular complexity index is 1620. The van der Waals surface area contributed by atoms with Gasteiger partial charge in [-0.3, -0.25) is 4.98 Å². The Hall–Kier alpha value is -3.73. The molecule has 1 spiro atoms. The molecule has 4 aliphatic rings. The zero-order valence-electron chi connectivity index (χ0n) is 20.3. The number of benzene rings is 1. The average molecular weight is 522 g/mol. The third-order valence-electron chi connectivity index (χ3n) is 7.68. The number of hydrogen-bond acceptors (Lipinski definition) is 7. The van der Waals surface area contributed by atoms with Crippen LogP contribution in [0.3, 0.4) is 0 Å². The van der Waals surface area contributed by atoms with Crippen LogP contribution in [0.4, 0.5) is 4.39 Å². The molecule has 1 unspecified atom stereocenters. The van der Waals surface area contributed by atoms with Gasteiger partial charge in [-0.25, -0.2) is 22.1 Å². The maximum absolute atomic E-state index is 13.8. The Balaban J connectivity index is 1.34. The molecule has 3 aliphatic heterocycles. The molecule has 2 fully saturated rings. The highest BCUT2D eigenvalue weighted by molar-refractivity contribution is 7.91. The number of imidazole rings is 1. The van der Waals surface area contributed by atoms with E-state index in [9.17, 15) is 12.8 Å². The molecule has 1 atom stereocenters. The van der Waals surface area contributed by atoms with Gasteiger partial charge in [0, 0.05) is 30.7 Å². The molecule has 37 heavy (non-hydrogen) atoms. The second-order valence-corrected chi connectivity index (χ2v) is 12.3. The van der Waals surface area contributed by atoms with Crippen molar-refractivity contribution in [2.24, 2.45) is 5.16 Å². The molecule has 9 nitrogen and oxygen atoms in total. The van der Waals surface area contributed by atoms with Crippen molar-refractivity contribution in [3.63, 3.8) is 0 Å². The first-order valence-corrected chi connectivity index (χ1v) is 13.6. The number of ether oxygens (including phenoxy) is 1. The zero-order valence-corrected chi connectivity index (χ0v) is 21.1. The molecule has 1 saturated carbocycles. The highest BCUT2D eigenvalue weighted by Crippen LogP contribution is 2.57. The number of hydrogen-bond donors (Lipinski definition) is 0. The van der Waals surface area contributed by atoms with Gasteiger partial charge < -0.3 is 14.1 Å². The molecule has 5 heterocycles. The van der Waals surface area contributed by atoms with Crippen molar-refractivity contribution in [2.75, 3.05) is 6.61 Å². The van der Waals surface area contributed by atoms with Crippen LogP contribution in [0.5, 0.6) is 5.75 Å². The van der Waals surface area contributed by atoms with E-state index in [1.165, 1.54) is 16.4 Å². The van der Waals surface area contributed by atoms with Crippen molar-refractivity contribution < 1.29 is 22.4 Å². The second-order valence-electron chi connectivity index (χ2n) is 10.2. The van der Waals surface area contributed by atoms with Gasteiger partial charge in [0.1, 0.15) is 17.3 Å². The van der Waals surface area contributed by atoms with Crippen LogP contribution in [0.1, 0.15) is 48.7 Å². The summed E-state index contributed by atoms with van der Waals surface area (Å²) in [5, 5.41) is 4.26. The fourth-order valence-electron chi connectivity index (χ4n) is 5.53. The number of fused-ring (bicyclic) bond motifs is 2. The highest BCUT2D eigenvalue weighted by atomic mass is 32.2. The monoisotopic (exact) mass is 521 g/mol. The van der Waals surface area contributed by atoms with E-state index in [0.717, 1.165) is 46.4 Å². The lowest BCUT2D eigenvalue weighted by atomic mass is 9.97. The Morgan fingerprint density at radius 1 is 1.16 bits per heavy atom. The van der Waals surface area contributed by atoms with Gasteiger partial charge in [-0.2, -0.15) is 0 Å². The molecule has 11 heteroatoms. The van der Waals surface area contributed by atoms with Crippen LogP contribution < -0.4 is 4.74 Å². The molecular formula is C26H24FN5O4S. The van der Waals surface area contributed by atoms with Crippen LogP contribution in [0.15, 0.2) is 53.7 Å². The molecular weight excluding hydrogens is 497 g/mol. The summed E-state index contributed by atoms with van der Waals surface area (Å²) in [4.78, 5) is 14.2. The Morgan fingerprint density at radius 3 is 2.70 bits per heavy atom. The van der Waals surface area contributed by atoms with Gasteiger partial charge >= 0.3 is 0 Å². The summed E-state index contributed by atoms with van der Waals surface area (Å²) >= 11 is 0. The minimum absolute atomic E-state index is 0.244. The van der Waals surface area contributed by atoms with Gasteiger partial charge in [-0.15, -0.1) is 0 Å². The van der Waals surface area contributed by atoms with Crippen molar-refractivity contribution in [3.8, 4) is 11.4 Å². The van der Waals surface area contributed by atoms with Crippen LogP contribution in [-0.2, 0) is 27.0 Å². The average Bonchev–Trinajstić information content (AvgIpc) is 3.20. The predicted octanol–water partition coefficient (Wildman–Crippen LogP) is 3.82. The second kappa shape index (κ2) is 7.41. The number of aryl methyl sites for hydroxylation is 1. The summed E-state index contributed by atoms with van der Waals surface area (Å²) in [5.74, 6) is 0.531. The van der Waals surface area contributed by atoms with E-state index >= 15 is 0 Å².